The third kappa shape index (κ3) is 10.4. The van der Waals surface area contributed by atoms with Crippen LogP contribution in [0.15, 0.2) is 0 Å². The van der Waals surface area contributed by atoms with Crippen molar-refractivity contribution in [2.75, 3.05) is 39.8 Å². The van der Waals surface area contributed by atoms with Gasteiger partial charge in [0.2, 0.25) is 0 Å². The van der Waals surface area contributed by atoms with Crippen molar-refractivity contribution in [2.45, 2.75) is 26.7 Å². The first-order valence-corrected chi connectivity index (χ1v) is 7.28. The summed E-state index contributed by atoms with van der Waals surface area (Å²) in [6.07, 6.45) is 3.69. The van der Waals surface area contributed by atoms with Crippen LogP contribution in [0.3, 0.4) is 0 Å². The molecular weight excluding hydrogens is 193 g/mol. The summed E-state index contributed by atoms with van der Waals surface area (Å²) in [5.74, 6) is 0.808. The molecule has 0 rings (SSSR count). The van der Waals surface area contributed by atoms with E-state index in [1.54, 1.807) is 0 Å². The molecule has 0 aromatic rings. The van der Waals surface area contributed by atoms with Gasteiger partial charge >= 0.3 is 0 Å². The Kier molecular flexibility index (Phi) is 10.1. The lowest BCUT2D eigenvalue weighted by Gasteiger charge is -2.15. The molecule has 2 nitrogen and oxygen atoms in total. The Morgan fingerprint density at radius 2 is 2.00 bits per heavy atom. The number of nitrogens with zero attached hydrogens (tertiary/aromatic N) is 1. The molecule has 3 heteroatoms. The maximum absolute atomic E-state index is 5.56. The lowest BCUT2D eigenvalue weighted by atomic mass is 10.1. The zero-order valence-corrected chi connectivity index (χ0v) is 11.2. The molecule has 0 aliphatic heterocycles. The minimum Gasteiger partial charge on any atom is -0.380 e. The lowest BCUT2D eigenvalue weighted by molar-refractivity contribution is 0.111. The molecule has 14 heavy (non-hydrogen) atoms. The zero-order valence-electron chi connectivity index (χ0n) is 10.2. The van der Waals surface area contributed by atoms with Gasteiger partial charge in [0.25, 0.3) is 0 Å². The summed E-state index contributed by atoms with van der Waals surface area (Å²) in [6, 6.07) is 0. The highest BCUT2D eigenvalue weighted by Gasteiger charge is 1.97. The first-order valence-electron chi connectivity index (χ1n) is 5.57. The van der Waals surface area contributed by atoms with Crippen molar-refractivity contribution >= 4 is 8.58 Å². The van der Waals surface area contributed by atoms with Crippen molar-refractivity contribution in [3.8, 4) is 0 Å². The monoisotopic (exact) mass is 219 g/mol. The van der Waals surface area contributed by atoms with Gasteiger partial charge < -0.3 is 9.64 Å². The van der Waals surface area contributed by atoms with E-state index in [0.717, 1.165) is 34.3 Å². The minimum atomic E-state index is 0.808. The summed E-state index contributed by atoms with van der Waals surface area (Å²) in [5, 5.41) is 0. The van der Waals surface area contributed by atoms with Crippen LogP contribution in [0.4, 0.5) is 0 Å². The maximum atomic E-state index is 5.56. The van der Waals surface area contributed by atoms with E-state index in [0.29, 0.717) is 0 Å². The second-order valence-electron chi connectivity index (χ2n) is 4.24. The van der Waals surface area contributed by atoms with Crippen LogP contribution in [0, 0.1) is 5.92 Å². The van der Waals surface area contributed by atoms with E-state index in [2.05, 4.69) is 32.5 Å². The second kappa shape index (κ2) is 9.89. The average molecular weight is 219 g/mol. The molecule has 0 spiro atoms. The Labute approximate surface area is 91.2 Å². The summed E-state index contributed by atoms with van der Waals surface area (Å²) in [6.45, 7) is 9.65. The van der Waals surface area contributed by atoms with Crippen molar-refractivity contribution < 1.29 is 4.74 Å². The van der Waals surface area contributed by atoms with Gasteiger partial charge in [-0.05, 0) is 32.5 Å². The Hall–Kier alpha value is 0.350. The topological polar surface area (TPSA) is 12.5 Å². The van der Waals surface area contributed by atoms with Gasteiger partial charge in [0.1, 0.15) is 0 Å². The van der Waals surface area contributed by atoms with Crippen molar-refractivity contribution in [3.05, 3.63) is 0 Å². The van der Waals surface area contributed by atoms with Gasteiger partial charge in [-0.25, -0.2) is 0 Å². The second-order valence-corrected chi connectivity index (χ2v) is 5.26. The SMILES string of the molecule is CPCN(C)CCOCCCC(C)C. The summed E-state index contributed by atoms with van der Waals surface area (Å²) in [5.41, 5.74) is 0. The molecule has 1 unspecified atom stereocenters. The number of hydrogen-bond donors (Lipinski definition) is 0. The smallest absolute Gasteiger partial charge is 0.0593 e. The van der Waals surface area contributed by atoms with Crippen LogP contribution < -0.4 is 0 Å². The molecule has 0 bridgehead atoms. The molecule has 0 aromatic carbocycles. The molecule has 0 fully saturated rings. The van der Waals surface area contributed by atoms with Gasteiger partial charge in [0.05, 0.1) is 6.61 Å². The lowest BCUT2D eigenvalue weighted by Crippen LogP contribution is -2.22. The number of rotatable bonds is 9. The summed E-state index contributed by atoms with van der Waals surface area (Å²) in [4.78, 5) is 2.33. The molecule has 86 valence electrons. The highest BCUT2D eigenvalue weighted by molar-refractivity contribution is 7.36. The van der Waals surface area contributed by atoms with E-state index in [4.69, 9.17) is 4.74 Å². The van der Waals surface area contributed by atoms with Crippen LogP contribution in [-0.2, 0) is 4.74 Å². The molecule has 0 heterocycles. The van der Waals surface area contributed by atoms with E-state index in [9.17, 15) is 0 Å². The van der Waals surface area contributed by atoms with E-state index < -0.39 is 0 Å². The Morgan fingerprint density at radius 3 is 2.57 bits per heavy atom. The highest BCUT2D eigenvalue weighted by Crippen LogP contribution is 2.04. The average Bonchev–Trinajstić information content (AvgIpc) is 2.11. The van der Waals surface area contributed by atoms with E-state index in [1.807, 2.05) is 0 Å². The fourth-order valence-electron chi connectivity index (χ4n) is 1.27. The van der Waals surface area contributed by atoms with Crippen LogP contribution in [0.2, 0.25) is 0 Å². The summed E-state index contributed by atoms with van der Waals surface area (Å²) in [7, 11) is 3.18. The number of hydrogen-bond acceptors (Lipinski definition) is 2. The number of likely N-dealkylation sites (N-methyl/N-ethyl adjacent to an activating group) is 1. The largest absolute Gasteiger partial charge is 0.380 e. The quantitative estimate of drug-likeness (QED) is 0.436. The van der Waals surface area contributed by atoms with Crippen molar-refractivity contribution in [1.29, 1.82) is 0 Å². The Balaban J connectivity index is 3.05. The molecule has 0 amide bonds. The fraction of sp³-hybridized carbons (Fsp3) is 1.00. The minimum absolute atomic E-state index is 0.808. The first-order chi connectivity index (χ1) is 6.66. The summed E-state index contributed by atoms with van der Waals surface area (Å²) < 4.78 is 5.56. The molecule has 0 aliphatic rings. The van der Waals surface area contributed by atoms with E-state index >= 15 is 0 Å². The van der Waals surface area contributed by atoms with E-state index in [-0.39, 0.29) is 0 Å². The van der Waals surface area contributed by atoms with E-state index in [1.165, 1.54) is 19.1 Å². The standard InChI is InChI=1S/C11H26NOP/c1-11(2)6-5-8-13-9-7-12(3)10-14-4/h11,14H,5-10H2,1-4H3. The maximum Gasteiger partial charge on any atom is 0.0593 e. The van der Waals surface area contributed by atoms with Crippen LogP contribution in [0.5, 0.6) is 0 Å². The normalized spacial score (nSPS) is 12.4. The molecular formula is C11H26NOP. The molecule has 1 atom stereocenters. The predicted molar refractivity (Wildman–Crippen MR) is 66.6 cm³/mol. The van der Waals surface area contributed by atoms with Crippen LogP contribution >= 0.6 is 8.58 Å². The molecule has 0 aliphatic carbocycles. The van der Waals surface area contributed by atoms with Gasteiger partial charge in [-0.3, -0.25) is 0 Å². The third-order valence-electron chi connectivity index (χ3n) is 2.12. The molecule has 0 saturated carbocycles. The van der Waals surface area contributed by atoms with Gasteiger partial charge in [-0.2, -0.15) is 0 Å². The van der Waals surface area contributed by atoms with Crippen LogP contribution in [-0.4, -0.2) is 44.7 Å². The van der Waals surface area contributed by atoms with Crippen LogP contribution in [0.1, 0.15) is 26.7 Å². The van der Waals surface area contributed by atoms with Gasteiger partial charge in [0, 0.05) is 19.4 Å². The third-order valence-corrected chi connectivity index (χ3v) is 2.97. The van der Waals surface area contributed by atoms with Crippen LogP contribution in [0.25, 0.3) is 0 Å². The fourth-order valence-corrected chi connectivity index (χ4v) is 1.96. The zero-order chi connectivity index (χ0) is 10.8. The Bertz CT molecular complexity index is 120. The molecule has 0 saturated heterocycles. The van der Waals surface area contributed by atoms with Gasteiger partial charge in [-0.1, -0.05) is 13.8 Å². The van der Waals surface area contributed by atoms with Crippen molar-refractivity contribution in [3.63, 3.8) is 0 Å². The highest BCUT2D eigenvalue weighted by atomic mass is 31.1. The number of ether oxygens (including phenoxy) is 1. The summed E-state index contributed by atoms with van der Waals surface area (Å²) >= 11 is 0. The Morgan fingerprint density at radius 1 is 1.29 bits per heavy atom. The van der Waals surface area contributed by atoms with Crippen molar-refractivity contribution in [2.24, 2.45) is 5.92 Å². The molecule has 0 N–H and O–H groups in total. The molecule has 0 radical (unpaired) electrons. The van der Waals surface area contributed by atoms with Crippen molar-refractivity contribution in [1.82, 2.24) is 4.90 Å². The predicted octanol–water partition coefficient (Wildman–Crippen LogP) is 2.64. The molecule has 0 aromatic heterocycles. The van der Waals surface area contributed by atoms with Gasteiger partial charge in [-0.15, -0.1) is 8.58 Å². The first kappa shape index (κ1) is 14.3. The van der Waals surface area contributed by atoms with Gasteiger partial charge in [0.15, 0.2) is 0 Å².